The van der Waals surface area contributed by atoms with Crippen molar-refractivity contribution in [2.24, 2.45) is 0 Å². The Hall–Kier alpha value is -2.16. The van der Waals surface area contributed by atoms with Crippen LogP contribution in [-0.2, 0) is 6.61 Å². The van der Waals surface area contributed by atoms with Crippen LogP contribution in [0.4, 0.5) is 5.69 Å². The Balaban J connectivity index is 2.21. The summed E-state index contributed by atoms with van der Waals surface area (Å²) in [5.74, 6) is 1.40. The van der Waals surface area contributed by atoms with Crippen molar-refractivity contribution in [1.82, 2.24) is 0 Å². The zero-order valence-corrected chi connectivity index (χ0v) is 12.5. The van der Waals surface area contributed by atoms with Crippen LogP contribution >= 0.6 is 0 Å². The highest BCUT2D eigenvalue weighted by atomic mass is 16.5. The average Bonchev–Trinajstić information content (AvgIpc) is 2.39. The van der Waals surface area contributed by atoms with Crippen LogP contribution in [0.25, 0.3) is 0 Å². The molecule has 0 amide bonds. The third kappa shape index (κ3) is 3.05. The lowest BCUT2D eigenvalue weighted by Crippen LogP contribution is -2.03. The highest BCUT2D eigenvalue weighted by Crippen LogP contribution is 2.28. The van der Waals surface area contributed by atoms with Gasteiger partial charge in [0, 0.05) is 6.07 Å². The Morgan fingerprint density at radius 2 is 1.65 bits per heavy atom. The number of nitrogen functional groups attached to an aromatic ring is 1. The van der Waals surface area contributed by atoms with Gasteiger partial charge in [0.25, 0.3) is 0 Å². The summed E-state index contributed by atoms with van der Waals surface area (Å²) < 4.78 is 11.1. The largest absolute Gasteiger partial charge is 0.497 e. The average molecular weight is 271 g/mol. The lowest BCUT2D eigenvalue weighted by molar-refractivity contribution is 0.304. The molecule has 0 heterocycles. The van der Waals surface area contributed by atoms with Crippen molar-refractivity contribution in [2.75, 3.05) is 12.8 Å². The number of hydrogen-bond donors (Lipinski definition) is 1. The molecule has 0 radical (unpaired) electrons. The van der Waals surface area contributed by atoms with Gasteiger partial charge in [-0.25, -0.2) is 0 Å². The quantitative estimate of drug-likeness (QED) is 0.861. The van der Waals surface area contributed by atoms with E-state index < -0.39 is 0 Å². The van der Waals surface area contributed by atoms with Crippen molar-refractivity contribution >= 4 is 5.69 Å². The number of ether oxygens (including phenoxy) is 2. The predicted molar refractivity (Wildman–Crippen MR) is 82.4 cm³/mol. The molecule has 0 aliphatic rings. The van der Waals surface area contributed by atoms with Crippen LogP contribution in [0.3, 0.4) is 0 Å². The molecule has 0 spiro atoms. The van der Waals surface area contributed by atoms with Gasteiger partial charge in [0.2, 0.25) is 0 Å². The van der Waals surface area contributed by atoms with E-state index >= 15 is 0 Å². The topological polar surface area (TPSA) is 44.5 Å². The van der Waals surface area contributed by atoms with Gasteiger partial charge < -0.3 is 15.2 Å². The van der Waals surface area contributed by atoms with E-state index in [1.54, 1.807) is 13.2 Å². The van der Waals surface area contributed by atoms with Crippen LogP contribution in [0.2, 0.25) is 0 Å². The number of nitrogens with two attached hydrogens (primary N) is 1. The number of anilines is 1. The zero-order chi connectivity index (χ0) is 14.7. The van der Waals surface area contributed by atoms with E-state index in [9.17, 15) is 0 Å². The first-order chi connectivity index (χ1) is 9.51. The van der Waals surface area contributed by atoms with Gasteiger partial charge in [-0.1, -0.05) is 17.7 Å². The normalized spacial score (nSPS) is 10.4. The molecule has 2 aromatic carbocycles. The monoisotopic (exact) mass is 271 g/mol. The number of methoxy groups -OCH3 is 1. The molecular formula is C17H21NO2. The Bertz CT molecular complexity index is 597. The summed E-state index contributed by atoms with van der Waals surface area (Å²) in [5.41, 5.74) is 11.5. The van der Waals surface area contributed by atoms with Crippen molar-refractivity contribution in [3.63, 3.8) is 0 Å². The molecule has 2 N–H and O–H groups in total. The number of aryl methyl sites for hydroxylation is 3. The van der Waals surface area contributed by atoms with Crippen LogP contribution in [0.1, 0.15) is 22.3 Å². The predicted octanol–water partition coefficient (Wildman–Crippen LogP) is 3.78. The molecule has 3 nitrogen and oxygen atoms in total. The molecule has 0 bridgehead atoms. The summed E-state index contributed by atoms with van der Waals surface area (Å²) in [6, 6.07) is 9.77. The molecule has 0 aromatic heterocycles. The van der Waals surface area contributed by atoms with Crippen LogP contribution in [0.5, 0.6) is 11.5 Å². The second-order valence-corrected chi connectivity index (χ2v) is 5.07. The standard InChI is InChI=1S/C17H21NO2/c1-11-7-12(2)15(13(3)8-11)10-20-17-9-14(19-4)5-6-16(17)18/h5-9H,10,18H2,1-4H3. The van der Waals surface area contributed by atoms with E-state index in [0.29, 0.717) is 18.0 Å². The highest BCUT2D eigenvalue weighted by molar-refractivity contribution is 5.55. The van der Waals surface area contributed by atoms with Gasteiger partial charge in [-0.05, 0) is 49.6 Å². The Labute approximate surface area is 120 Å². The molecule has 106 valence electrons. The Morgan fingerprint density at radius 1 is 1.00 bits per heavy atom. The molecule has 0 saturated carbocycles. The SMILES string of the molecule is COc1ccc(N)c(OCc2c(C)cc(C)cc2C)c1. The van der Waals surface area contributed by atoms with Gasteiger partial charge in [0.05, 0.1) is 12.8 Å². The highest BCUT2D eigenvalue weighted by Gasteiger charge is 2.07. The summed E-state index contributed by atoms with van der Waals surface area (Å²) in [7, 11) is 1.63. The minimum Gasteiger partial charge on any atom is -0.497 e. The fourth-order valence-electron chi connectivity index (χ4n) is 2.35. The third-order valence-corrected chi connectivity index (χ3v) is 3.43. The third-order valence-electron chi connectivity index (χ3n) is 3.43. The maximum absolute atomic E-state index is 5.93. The van der Waals surface area contributed by atoms with Crippen LogP contribution in [0, 0.1) is 20.8 Å². The van der Waals surface area contributed by atoms with Crippen LogP contribution in [0.15, 0.2) is 30.3 Å². The fourth-order valence-corrected chi connectivity index (χ4v) is 2.35. The summed E-state index contributed by atoms with van der Waals surface area (Å²) in [6.07, 6.45) is 0. The van der Waals surface area contributed by atoms with E-state index in [2.05, 4.69) is 32.9 Å². The summed E-state index contributed by atoms with van der Waals surface area (Å²) in [6.45, 7) is 6.82. The van der Waals surface area contributed by atoms with Crippen molar-refractivity contribution in [2.45, 2.75) is 27.4 Å². The second kappa shape index (κ2) is 5.87. The lowest BCUT2D eigenvalue weighted by Gasteiger charge is -2.14. The van der Waals surface area contributed by atoms with Crippen molar-refractivity contribution in [1.29, 1.82) is 0 Å². The Kier molecular flexibility index (Phi) is 4.18. The van der Waals surface area contributed by atoms with Gasteiger partial charge in [-0.3, -0.25) is 0 Å². The number of benzene rings is 2. The van der Waals surface area contributed by atoms with E-state index in [1.807, 2.05) is 12.1 Å². The molecule has 2 aromatic rings. The van der Waals surface area contributed by atoms with Crippen molar-refractivity contribution in [3.8, 4) is 11.5 Å². The fraction of sp³-hybridized carbons (Fsp3) is 0.294. The molecular weight excluding hydrogens is 250 g/mol. The molecule has 2 rings (SSSR count). The first-order valence-corrected chi connectivity index (χ1v) is 6.64. The first-order valence-electron chi connectivity index (χ1n) is 6.64. The van der Waals surface area contributed by atoms with E-state index in [4.69, 9.17) is 15.2 Å². The summed E-state index contributed by atoms with van der Waals surface area (Å²) >= 11 is 0. The van der Waals surface area contributed by atoms with Crippen LogP contribution in [-0.4, -0.2) is 7.11 Å². The van der Waals surface area contributed by atoms with E-state index in [-0.39, 0.29) is 0 Å². The van der Waals surface area contributed by atoms with E-state index in [1.165, 1.54) is 22.3 Å². The van der Waals surface area contributed by atoms with Gasteiger partial charge in [0.1, 0.15) is 18.1 Å². The van der Waals surface area contributed by atoms with Crippen molar-refractivity contribution in [3.05, 3.63) is 52.6 Å². The molecule has 20 heavy (non-hydrogen) atoms. The van der Waals surface area contributed by atoms with Gasteiger partial charge >= 0.3 is 0 Å². The van der Waals surface area contributed by atoms with E-state index in [0.717, 1.165) is 5.75 Å². The summed E-state index contributed by atoms with van der Waals surface area (Å²) in [5, 5.41) is 0. The molecule has 0 unspecified atom stereocenters. The van der Waals surface area contributed by atoms with Crippen molar-refractivity contribution < 1.29 is 9.47 Å². The molecule has 0 atom stereocenters. The maximum atomic E-state index is 5.93. The maximum Gasteiger partial charge on any atom is 0.146 e. The molecule has 0 aliphatic heterocycles. The molecule has 0 aliphatic carbocycles. The smallest absolute Gasteiger partial charge is 0.146 e. The Morgan fingerprint density at radius 3 is 2.25 bits per heavy atom. The minimum absolute atomic E-state index is 0.509. The minimum atomic E-state index is 0.509. The second-order valence-electron chi connectivity index (χ2n) is 5.07. The van der Waals surface area contributed by atoms with Gasteiger partial charge in [-0.15, -0.1) is 0 Å². The molecule has 3 heteroatoms. The van der Waals surface area contributed by atoms with Gasteiger partial charge in [-0.2, -0.15) is 0 Å². The molecule has 0 saturated heterocycles. The number of rotatable bonds is 4. The first kappa shape index (κ1) is 14.3. The molecule has 0 fully saturated rings. The summed E-state index contributed by atoms with van der Waals surface area (Å²) in [4.78, 5) is 0. The van der Waals surface area contributed by atoms with Gasteiger partial charge in [0.15, 0.2) is 0 Å². The van der Waals surface area contributed by atoms with Crippen LogP contribution < -0.4 is 15.2 Å². The number of hydrogen-bond acceptors (Lipinski definition) is 3. The lowest BCUT2D eigenvalue weighted by atomic mass is 10.0. The zero-order valence-electron chi connectivity index (χ0n) is 12.5.